The lowest BCUT2D eigenvalue weighted by molar-refractivity contribution is 0.621. The summed E-state index contributed by atoms with van der Waals surface area (Å²) in [7, 11) is 0. The first kappa shape index (κ1) is 13.2. The van der Waals surface area contributed by atoms with Gasteiger partial charge in [0.15, 0.2) is 0 Å². The molecule has 0 saturated heterocycles. The topological polar surface area (TPSA) is 56.2 Å². The summed E-state index contributed by atoms with van der Waals surface area (Å²) >= 11 is 3.28. The maximum atomic E-state index is 13.4. The van der Waals surface area contributed by atoms with Crippen LogP contribution < -0.4 is 5.73 Å². The van der Waals surface area contributed by atoms with Gasteiger partial charge >= 0.3 is 0 Å². The maximum Gasteiger partial charge on any atom is 0.124 e. The van der Waals surface area contributed by atoms with Crippen LogP contribution in [0, 0.1) is 5.82 Å². The van der Waals surface area contributed by atoms with Crippen molar-refractivity contribution in [1.82, 2.24) is 14.6 Å². The molecule has 6 heteroatoms. The Labute approximate surface area is 123 Å². The Balaban J connectivity index is 1.91. The summed E-state index contributed by atoms with van der Waals surface area (Å²) in [5.41, 5.74) is 8.83. The first-order valence-electron chi connectivity index (χ1n) is 6.11. The predicted octanol–water partition coefficient (Wildman–Crippen LogP) is 2.87. The van der Waals surface area contributed by atoms with Crippen LogP contribution in [0.5, 0.6) is 0 Å². The number of halogens is 2. The van der Waals surface area contributed by atoms with E-state index in [-0.39, 0.29) is 11.9 Å². The zero-order valence-electron chi connectivity index (χ0n) is 10.5. The number of nitrogens with zero attached hydrogens (tertiary/aromatic N) is 3. The fourth-order valence-corrected chi connectivity index (χ4v) is 2.74. The summed E-state index contributed by atoms with van der Waals surface area (Å²) in [4.78, 5) is 4.08. The quantitative estimate of drug-likeness (QED) is 0.801. The van der Waals surface area contributed by atoms with Crippen LogP contribution in [0.25, 0.3) is 5.52 Å². The van der Waals surface area contributed by atoms with Gasteiger partial charge in [-0.15, -0.1) is 0 Å². The van der Waals surface area contributed by atoms with E-state index in [1.54, 1.807) is 29.3 Å². The minimum Gasteiger partial charge on any atom is -0.324 e. The molecule has 3 rings (SSSR count). The fraction of sp³-hybridized carbons (Fsp3) is 0.143. The molecule has 3 aromatic rings. The van der Waals surface area contributed by atoms with Crippen LogP contribution >= 0.6 is 15.9 Å². The Morgan fingerprint density at radius 1 is 1.30 bits per heavy atom. The summed E-state index contributed by atoms with van der Waals surface area (Å²) < 4.78 is 15.8. The summed E-state index contributed by atoms with van der Waals surface area (Å²) in [6.07, 6.45) is 7.43. The van der Waals surface area contributed by atoms with Crippen LogP contribution in [0.2, 0.25) is 0 Å². The highest BCUT2D eigenvalue weighted by atomic mass is 79.9. The first-order chi connectivity index (χ1) is 9.63. The van der Waals surface area contributed by atoms with E-state index in [0.717, 1.165) is 16.6 Å². The molecule has 0 spiro atoms. The van der Waals surface area contributed by atoms with Crippen molar-refractivity contribution < 1.29 is 4.39 Å². The Morgan fingerprint density at radius 2 is 2.15 bits per heavy atom. The zero-order valence-corrected chi connectivity index (χ0v) is 12.1. The molecule has 0 aliphatic heterocycles. The smallest absolute Gasteiger partial charge is 0.124 e. The average Bonchev–Trinajstić information content (AvgIpc) is 2.81. The molecule has 102 valence electrons. The molecule has 0 radical (unpaired) electrons. The molecule has 0 amide bonds. The lowest BCUT2D eigenvalue weighted by atomic mass is 10.0. The predicted molar refractivity (Wildman–Crippen MR) is 77.7 cm³/mol. The lowest BCUT2D eigenvalue weighted by Gasteiger charge is -2.11. The van der Waals surface area contributed by atoms with E-state index in [0.29, 0.717) is 10.9 Å². The van der Waals surface area contributed by atoms with Crippen LogP contribution in [0.1, 0.15) is 17.2 Å². The molecule has 0 fully saturated rings. The molecular formula is C14H12BrFN4. The molecule has 0 aliphatic rings. The van der Waals surface area contributed by atoms with Crippen LogP contribution in [0.15, 0.2) is 47.5 Å². The Kier molecular flexibility index (Phi) is 3.50. The van der Waals surface area contributed by atoms with Gasteiger partial charge in [-0.05, 0) is 30.2 Å². The Bertz CT molecular complexity index is 736. The molecule has 1 aromatic carbocycles. The van der Waals surface area contributed by atoms with Crippen molar-refractivity contribution in [3.05, 3.63) is 64.4 Å². The lowest BCUT2D eigenvalue weighted by Crippen LogP contribution is -2.13. The van der Waals surface area contributed by atoms with Crippen molar-refractivity contribution in [2.24, 2.45) is 5.73 Å². The van der Waals surface area contributed by atoms with Gasteiger partial charge in [0.2, 0.25) is 0 Å². The van der Waals surface area contributed by atoms with E-state index >= 15 is 0 Å². The molecule has 20 heavy (non-hydrogen) atoms. The molecular weight excluding hydrogens is 323 g/mol. The van der Waals surface area contributed by atoms with Gasteiger partial charge in [-0.25, -0.2) is 8.91 Å². The molecule has 2 heterocycles. The molecule has 4 nitrogen and oxygen atoms in total. The zero-order chi connectivity index (χ0) is 14.1. The van der Waals surface area contributed by atoms with E-state index in [9.17, 15) is 4.39 Å². The second-order valence-electron chi connectivity index (χ2n) is 4.59. The highest BCUT2D eigenvalue weighted by Crippen LogP contribution is 2.22. The highest BCUT2D eigenvalue weighted by molar-refractivity contribution is 9.10. The van der Waals surface area contributed by atoms with Crippen molar-refractivity contribution in [3.8, 4) is 0 Å². The monoisotopic (exact) mass is 334 g/mol. The number of rotatable bonds is 3. The fourth-order valence-electron chi connectivity index (χ4n) is 2.23. The van der Waals surface area contributed by atoms with Crippen molar-refractivity contribution >= 4 is 21.4 Å². The van der Waals surface area contributed by atoms with Crippen molar-refractivity contribution in [1.29, 1.82) is 0 Å². The van der Waals surface area contributed by atoms with E-state index in [4.69, 9.17) is 5.73 Å². The van der Waals surface area contributed by atoms with Gasteiger partial charge in [0.1, 0.15) is 5.82 Å². The van der Waals surface area contributed by atoms with Gasteiger partial charge in [-0.1, -0.05) is 15.9 Å². The van der Waals surface area contributed by atoms with Gasteiger partial charge in [0.05, 0.1) is 17.9 Å². The summed E-state index contributed by atoms with van der Waals surface area (Å²) in [5, 5.41) is 4.23. The van der Waals surface area contributed by atoms with Crippen LogP contribution in [-0.2, 0) is 6.42 Å². The molecule has 0 aliphatic carbocycles. The molecule has 0 saturated carbocycles. The minimum absolute atomic E-state index is 0.259. The maximum absolute atomic E-state index is 13.4. The summed E-state index contributed by atoms with van der Waals surface area (Å²) in [6.45, 7) is 0. The van der Waals surface area contributed by atoms with E-state index in [2.05, 4.69) is 26.0 Å². The second kappa shape index (κ2) is 5.30. The molecule has 1 atom stereocenters. The van der Waals surface area contributed by atoms with Gasteiger partial charge in [0, 0.05) is 28.5 Å². The molecule has 2 N–H and O–H groups in total. The second-order valence-corrected chi connectivity index (χ2v) is 5.51. The third-order valence-corrected chi connectivity index (χ3v) is 3.59. The normalized spacial score (nSPS) is 12.8. The van der Waals surface area contributed by atoms with E-state index in [1.807, 2.05) is 6.07 Å². The number of benzene rings is 1. The van der Waals surface area contributed by atoms with E-state index in [1.165, 1.54) is 12.1 Å². The minimum atomic E-state index is -0.275. The third-order valence-electron chi connectivity index (χ3n) is 3.13. The first-order valence-corrected chi connectivity index (χ1v) is 6.90. The van der Waals surface area contributed by atoms with E-state index < -0.39 is 0 Å². The van der Waals surface area contributed by atoms with Gasteiger partial charge in [-0.3, -0.25) is 4.98 Å². The van der Waals surface area contributed by atoms with Crippen molar-refractivity contribution in [3.63, 3.8) is 0 Å². The molecule has 0 bridgehead atoms. The highest BCUT2D eigenvalue weighted by Gasteiger charge is 2.13. The van der Waals surface area contributed by atoms with Gasteiger partial charge < -0.3 is 5.73 Å². The van der Waals surface area contributed by atoms with Crippen LogP contribution in [-0.4, -0.2) is 14.6 Å². The summed E-state index contributed by atoms with van der Waals surface area (Å²) in [6, 6.07) is 4.53. The molecule has 1 unspecified atom stereocenters. The number of hydrogen-bond acceptors (Lipinski definition) is 3. The summed E-state index contributed by atoms with van der Waals surface area (Å²) in [5.74, 6) is -0.275. The SMILES string of the molecule is NC(Cc1cc(F)cc(Br)c1)c1cnn2ccncc12. The van der Waals surface area contributed by atoms with Crippen molar-refractivity contribution in [2.75, 3.05) is 0 Å². The van der Waals surface area contributed by atoms with Crippen LogP contribution in [0.4, 0.5) is 4.39 Å². The third kappa shape index (κ3) is 2.57. The number of hydrogen-bond donors (Lipinski definition) is 1. The number of aromatic nitrogens is 3. The standard InChI is InChI=1S/C14H12BrFN4/c15-10-3-9(4-11(16)6-10)5-13(17)12-7-19-20-2-1-18-8-14(12)20/h1-4,6-8,13H,5,17H2. The molecule has 2 aromatic heterocycles. The Hall–Kier alpha value is -1.79. The van der Waals surface area contributed by atoms with Crippen LogP contribution in [0.3, 0.4) is 0 Å². The average molecular weight is 335 g/mol. The number of fused-ring (bicyclic) bond motifs is 1. The van der Waals surface area contributed by atoms with Gasteiger partial charge in [-0.2, -0.15) is 5.10 Å². The van der Waals surface area contributed by atoms with Crippen molar-refractivity contribution in [2.45, 2.75) is 12.5 Å². The Morgan fingerprint density at radius 3 is 2.95 bits per heavy atom. The van der Waals surface area contributed by atoms with Gasteiger partial charge in [0.25, 0.3) is 0 Å². The largest absolute Gasteiger partial charge is 0.324 e. The number of nitrogens with two attached hydrogens (primary N) is 1.